The highest BCUT2D eigenvalue weighted by molar-refractivity contribution is 5.15. The third-order valence-corrected chi connectivity index (χ3v) is 2.07. The molecule has 1 atom stereocenters. The topological polar surface area (TPSA) is 0 Å². The Morgan fingerprint density at radius 3 is 3.10 bits per heavy atom. The molecule has 1 rings (SSSR count). The van der Waals surface area contributed by atoms with Crippen molar-refractivity contribution >= 4 is 0 Å². The van der Waals surface area contributed by atoms with E-state index >= 15 is 0 Å². The van der Waals surface area contributed by atoms with Crippen molar-refractivity contribution in [3.05, 3.63) is 23.8 Å². The quantitative estimate of drug-likeness (QED) is 0.518. The molecule has 0 saturated carbocycles. The monoisotopic (exact) mass is 136 g/mol. The van der Waals surface area contributed by atoms with Gasteiger partial charge in [0.15, 0.2) is 0 Å². The molecule has 0 aromatic carbocycles. The molecule has 1 aliphatic rings. The van der Waals surface area contributed by atoms with Gasteiger partial charge in [0, 0.05) is 0 Å². The average molecular weight is 136 g/mol. The van der Waals surface area contributed by atoms with Gasteiger partial charge in [-0.25, -0.2) is 0 Å². The standard InChI is InChI=1S/C10H16/c1-3-10-7-5-4-6-9(2)8-10/h4-5,7,9H,3,6,8H2,1-2H3. The molecule has 0 fully saturated rings. The lowest BCUT2D eigenvalue weighted by molar-refractivity contribution is 0.582. The zero-order valence-corrected chi connectivity index (χ0v) is 6.93. The fourth-order valence-corrected chi connectivity index (χ4v) is 1.38. The van der Waals surface area contributed by atoms with Crippen LogP contribution in [0.4, 0.5) is 0 Å². The van der Waals surface area contributed by atoms with E-state index in [2.05, 4.69) is 32.1 Å². The van der Waals surface area contributed by atoms with Crippen LogP contribution in [0, 0.1) is 5.92 Å². The van der Waals surface area contributed by atoms with E-state index in [9.17, 15) is 0 Å². The van der Waals surface area contributed by atoms with Gasteiger partial charge in [-0.15, -0.1) is 0 Å². The molecule has 0 spiro atoms. The number of hydrogen-bond acceptors (Lipinski definition) is 0. The van der Waals surface area contributed by atoms with Gasteiger partial charge in [0.05, 0.1) is 0 Å². The summed E-state index contributed by atoms with van der Waals surface area (Å²) < 4.78 is 0. The Hall–Kier alpha value is -0.520. The third kappa shape index (κ3) is 2.02. The van der Waals surface area contributed by atoms with E-state index in [1.54, 1.807) is 5.57 Å². The maximum absolute atomic E-state index is 2.32. The second-order valence-corrected chi connectivity index (χ2v) is 3.15. The molecule has 0 amide bonds. The maximum atomic E-state index is 2.32. The molecule has 0 heterocycles. The predicted molar refractivity (Wildman–Crippen MR) is 45.9 cm³/mol. The van der Waals surface area contributed by atoms with E-state index in [0.29, 0.717) is 0 Å². The minimum absolute atomic E-state index is 0.852. The van der Waals surface area contributed by atoms with E-state index in [-0.39, 0.29) is 0 Å². The second kappa shape index (κ2) is 3.60. The van der Waals surface area contributed by atoms with Crippen molar-refractivity contribution in [2.24, 2.45) is 5.92 Å². The molecule has 0 saturated heterocycles. The van der Waals surface area contributed by atoms with Crippen molar-refractivity contribution in [3.8, 4) is 0 Å². The van der Waals surface area contributed by atoms with E-state index in [1.807, 2.05) is 0 Å². The van der Waals surface area contributed by atoms with Crippen LogP contribution in [0.3, 0.4) is 0 Å². The van der Waals surface area contributed by atoms with Gasteiger partial charge >= 0.3 is 0 Å². The second-order valence-electron chi connectivity index (χ2n) is 3.15. The normalized spacial score (nSPS) is 25.8. The molecule has 0 radical (unpaired) electrons. The highest BCUT2D eigenvalue weighted by Gasteiger charge is 2.04. The van der Waals surface area contributed by atoms with Crippen LogP contribution >= 0.6 is 0 Å². The minimum atomic E-state index is 0.852. The Morgan fingerprint density at radius 1 is 1.60 bits per heavy atom. The lowest BCUT2D eigenvalue weighted by atomic mass is 9.99. The summed E-state index contributed by atoms with van der Waals surface area (Å²) in [6.07, 6.45) is 10.5. The number of hydrogen-bond donors (Lipinski definition) is 0. The molecule has 0 N–H and O–H groups in total. The van der Waals surface area contributed by atoms with Crippen molar-refractivity contribution in [2.75, 3.05) is 0 Å². The maximum Gasteiger partial charge on any atom is -0.0288 e. The molecular formula is C10H16. The summed E-state index contributed by atoms with van der Waals surface area (Å²) in [5.41, 5.74) is 1.60. The summed E-state index contributed by atoms with van der Waals surface area (Å²) in [6.45, 7) is 4.55. The van der Waals surface area contributed by atoms with Gasteiger partial charge in [0.25, 0.3) is 0 Å². The predicted octanol–water partition coefficient (Wildman–Crippen LogP) is 3.31. The van der Waals surface area contributed by atoms with Crippen LogP contribution in [0.2, 0.25) is 0 Å². The largest absolute Gasteiger partial charge is 0.0843 e. The fourth-order valence-electron chi connectivity index (χ4n) is 1.38. The van der Waals surface area contributed by atoms with Crippen LogP contribution in [0.1, 0.15) is 33.1 Å². The summed E-state index contributed by atoms with van der Waals surface area (Å²) in [5.74, 6) is 0.852. The zero-order chi connectivity index (χ0) is 7.40. The van der Waals surface area contributed by atoms with E-state index in [4.69, 9.17) is 0 Å². The lowest BCUT2D eigenvalue weighted by Gasteiger charge is -2.07. The first-order chi connectivity index (χ1) is 4.83. The smallest absolute Gasteiger partial charge is 0.0288 e. The Balaban J connectivity index is 2.57. The molecule has 56 valence electrons. The Bertz CT molecular complexity index is 151. The summed E-state index contributed by atoms with van der Waals surface area (Å²) >= 11 is 0. The van der Waals surface area contributed by atoms with Crippen molar-refractivity contribution < 1.29 is 0 Å². The Morgan fingerprint density at radius 2 is 2.40 bits per heavy atom. The van der Waals surface area contributed by atoms with Crippen molar-refractivity contribution in [2.45, 2.75) is 33.1 Å². The molecule has 0 aromatic rings. The van der Waals surface area contributed by atoms with Gasteiger partial charge in [-0.2, -0.15) is 0 Å². The van der Waals surface area contributed by atoms with E-state index < -0.39 is 0 Å². The highest BCUT2D eigenvalue weighted by atomic mass is 14.1. The molecule has 0 aliphatic heterocycles. The highest BCUT2D eigenvalue weighted by Crippen LogP contribution is 2.20. The Labute approximate surface area is 63.6 Å². The van der Waals surface area contributed by atoms with Crippen LogP contribution in [-0.4, -0.2) is 0 Å². The summed E-state index contributed by atoms with van der Waals surface area (Å²) in [6, 6.07) is 0. The SMILES string of the molecule is CCC1=CC=CCC(C)C1. The molecule has 1 unspecified atom stereocenters. The Kier molecular flexibility index (Phi) is 2.73. The van der Waals surface area contributed by atoms with Gasteiger partial charge < -0.3 is 0 Å². The first kappa shape index (κ1) is 7.59. The fraction of sp³-hybridized carbons (Fsp3) is 0.600. The van der Waals surface area contributed by atoms with Crippen LogP contribution in [0.25, 0.3) is 0 Å². The summed E-state index contributed by atoms with van der Waals surface area (Å²) in [7, 11) is 0. The summed E-state index contributed by atoms with van der Waals surface area (Å²) in [5, 5.41) is 0. The summed E-state index contributed by atoms with van der Waals surface area (Å²) in [4.78, 5) is 0. The molecule has 10 heavy (non-hydrogen) atoms. The minimum Gasteiger partial charge on any atom is -0.0843 e. The van der Waals surface area contributed by atoms with Crippen LogP contribution in [0.5, 0.6) is 0 Å². The van der Waals surface area contributed by atoms with Gasteiger partial charge in [-0.1, -0.05) is 37.6 Å². The third-order valence-electron chi connectivity index (χ3n) is 2.07. The van der Waals surface area contributed by atoms with Crippen molar-refractivity contribution in [1.29, 1.82) is 0 Å². The molecule has 0 aromatic heterocycles. The van der Waals surface area contributed by atoms with Crippen LogP contribution in [0.15, 0.2) is 23.8 Å². The molecule has 1 aliphatic carbocycles. The molecule has 0 bridgehead atoms. The lowest BCUT2D eigenvalue weighted by Crippen LogP contribution is -1.92. The first-order valence-corrected chi connectivity index (χ1v) is 4.17. The number of rotatable bonds is 1. The zero-order valence-electron chi connectivity index (χ0n) is 6.93. The van der Waals surface area contributed by atoms with Gasteiger partial charge in [0.2, 0.25) is 0 Å². The molecular weight excluding hydrogens is 120 g/mol. The van der Waals surface area contributed by atoms with Gasteiger partial charge in [0.1, 0.15) is 0 Å². The van der Waals surface area contributed by atoms with E-state index in [0.717, 1.165) is 5.92 Å². The van der Waals surface area contributed by atoms with Crippen molar-refractivity contribution in [1.82, 2.24) is 0 Å². The first-order valence-electron chi connectivity index (χ1n) is 4.17. The molecule has 0 heteroatoms. The van der Waals surface area contributed by atoms with Crippen LogP contribution < -0.4 is 0 Å². The van der Waals surface area contributed by atoms with Crippen molar-refractivity contribution in [3.63, 3.8) is 0 Å². The average Bonchev–Trinajstić information content (AvgIpc) is 2.13. The number of allylic oxidation sites excluding steroid dienone is 4. The van der Waals surface area contributed by atoms with Gasteiger partial charge in [-0.3, -0.25) is 0 Å². The molecule has 0 nitrogen and oxygen atoms in total. The van der Waals surface area contributed by atoms with E-state index in [1.165, 1.54) is 19.3 Å². The van der Waals surface area contributed by atoms with Gasteiger partial charge in [-0.05, 0) is 25.2 Å². The van der Waals surface area contributed by atoms with Crippen LogP contribution in [-0.2, 0) is 0 Å².